The molecule has 0 amide bonds. The van der Waals surface area contributed by atoms with E-state index >= 15 is 0 Å². The molecule has 3 heteroatoms. The first kappa shape index (κ1) is 18.8. The average Bonchev–Trinajstić information content (AvgIpc) is 2.39. The molecule has 0 aromatic carbocycles. The van der Waals surface area contributed by atoms with Gasteiger partial charge < -0.3 is 4.18 Å². The fraction of sp³-hybridized carbons (Fsp3) is 0.938. The predicted molar refractivity (Wildman–Crippen MR) is 85.2 cm³/mol. The second kappa shape index (κ2) is 12.8. The highest BCUT2D eigenvalue weighted by atomic mass is 32.2. The molecule has 0 aliphatic carbocycles. The van der Waals surface area contributed by atoms with Crippen molar-refractivity contribution in [1.82, 2.24) is 0 Å². The van der Waals surface area contributed by atoms with Crippen molar-refractivity contribution in [2.75, 3.05) is 5.75 Å². The first-order chi connectivity index (χ1) is 9.11. The smallest absolute Gasteiger partial charge is 0.320 e. The molecule has 2 nitrogen and oxygen atoms in total. The summed E-state index contributed by atoms with van der Waals surface area (Å²) in [7, 11) is 0. The molecule has 0 saturated heterocycles. The Bertz CT molecular complexity index is 217. The third kappa shape index (κ3) is 11.4. The third-order valence-corrected chi connectivity index (χ3v) is 4.24. The van der Waals surface area contributed by atoms with Crippen LogP contribution in [0.1, 0.15) is 79.1 Å². The molecule has 0 aliphatic rings. The summed E-state index contributed by atoms with van der Waals surface area (Å²) in [6, 6.07) is 0. The molecule has 0 bridgehead atoms. The standard InChI is InChI=1S/C16H32O2S/c1-5-7-9-10-12-15(11-8-6-2)13-19-18-16(17)14(3)4/h14-15H,5-13H2,1-4H3. The Morgan fingerprint density at radius 2 is 1.63 bits per heavy atom. The summed E-state index contributed by atoms with van der Waals surface area (Å²) in [4.78, 5) is 11.4. The highest BCUT2D eigenvalue weighted by molar-refractivity contribution is 7.95. The fourth-order valence-corrected chi connectivity index (χ4v) is 2.85. The zero-order valence-electron chi connectivity index (χ0n) is 13.2. The minimum Gasteiger partial charge on any atom is -0.391 e. The zero-order chi connectivity index (χ0) is 14.5. The van der Waals surface area contributed by atoms with E-state index in [9.17, 15) is 4.79 Å². The Balaban J connectivity index is 3.81. The number of carbonyl (C=O) groups is 1. The van der Waals surface area contributed by atoms with Crippen molar-refractivity contribution < 1.29 is 8.98 Å². The second-order valence-corrected chi connectivity index (χ2v) is 6.43. The maximum Gasteiger partial charge on any atom is 0.320 e. The number of hydrogen-bond donors (Lipinski definition) is 0. The van der Waals surface area contributed by atoms with Gasteiger partial charge in [0.05, 0.1) is 18.0 Å². The van der Waals surface area contributed by atoms with E-state index < -0.39 is 0 Å². The van der Waals surface area contributed by atoms with Crippen LogP contribution >= 0.6 is 12.0 Å². The Labute approximate surface area is 124 Å². The third-order valence-electron chi connectivity index (χ3n) is 3.35. The number of unbranched alkanes of at least 4 members (excludes halogenated alkanes) is 4. The number of carbonyl (C=O) groups excluding carboxylic acids is 1. The molecule has 0 saturated carbocycles. The minimum absolute atomic E-state index is 0.0221. The summed E-state index contributed by atoms with van der Waals surface area (Å²) in [5.74, 6) is 1.56. The van der Waals surface area contributed by atoms with E-state index in [1.165, 1.54) is 63.4 Å². The first-order valence-corrected chi connectivity index (χ1v) is 8.86. The van der Waals surface area contributed by atoms with Gasteiger partial charge in [0.1, 0.15) is 0 Å². The maximum absolute atomic E-state index is 11.4. The van der Waals surface area contributed by atoms with Gasteiger partial charge in [0.2, 0.25) is 0 Å². The highest BCUT2D eigenvalue weighted by Crippen LogP contribution is 2.23. The van der Waals surface area contributed by atoms with Crippen LogP contribution in [0.15, 0.2) is 0 Å². The van der Waals surface area contributed by atoms with Gasteiger partial charge >= 0.3 is 5.97 Å². The molecule has 114 valence electrons. The molecule has 0 aromatic rings. The van der Waals surface area contributed by atoms with E-state index in [1.807, 2.05) is 13.8 Å². The Kier molecular flexibility index (Phi) is 12.7. The van der Waals surface area contributed by atoms with Crippen molar-refractivity contribution in [2.24, 2.45) is 11.8 Å². The summed E-state index contributed by atoms with van der Waals surface area (Å²) in [5.41, 5.74) is 0. The fourth-order valence-electron chi connectivity index (χ4n) is 1.95. The maximum atomic E-state index is 11.4. The molecule has 0 heterocycles. The largest absolute Gasteiger partial charge is 0.391 e. The summed E-state index contributed by atoms with van der Waals surface area (Å²) < 4.78 is 5.22. The molecule has 1 atom stereocenters. The molecule has 0 N–H and O–H groups in total. The van der Waals surface area contributed by atoms with Gasteiger partial charge in [0.25, 0.3) is 0 Å². The van der Waals surface area contributed by atoms with E-state index in [0.29, 0.717) is 5.92 Å². The van der Waals surface area contributed by atoms with E-state index in [1.54, 1.807) is 0 Å². The summed E-state index contributed by atoms with van der Waals surface area (Å²) in [5, 5.41) is 0. The predicted octanol–water partition coefficient (Wildman–Crippen LogP) is 5.61. The van der Waals surface area contributed by atoms with Crippen LogP contribution in [0.3, 0.4) is 0 Å². The van der Waals surface area contributed by atoms with Crippen molar-refractivity contribution >= 4 is 18.0 Å². The van der Waals surface area contributed by atoms with Gasteiger partial charge in [-0.15, -0.1) is 0 Å². The van der Waals surface area contributed by atoms with Gasteiger partial charge in [-0.3, -0.25) is 4.79 Å². The van der Waals surface area contributed by atoms with Gasteiger partial charge in [-0.05, 0) is 18.8 Å². The Morgan fingerprint density at radius 3 is 2.21 bits per heavy atom. The zero-order valence-corrected chi connectivity index (χ0v) is 14.1. The van der Waals surface area contributed by atoms with E-state index in [0.717, 1.165) is 5.75 Å². The lowest BCUT2D eigenvalue weighted by atomic mass is 9.97. The monoisotopic (exact) mass is 288 g/mol. The van der Waals surface area contributed by atoms with Gasteiger partial charge in [-0.1, -0.05) is 66.2 Å². The molecular formula is C16H32O2S. The van der Waals surface area contributed by atoms with Crippen LogP contribution in [0.4, 0.5) is 0 Å². The highest BCUT2D eigenvalue weighted by Gasteiger charge is 2.13. The molecule has 0 radical (unpaired) electrons. The number of rotatable bonds is 12. The molecule has 0 aromatic heterocycles. The Hall–Kier alpha value is -0.180. The van der Waals surface area contributed by atoms with Crippen molar-refractivity contribution in [3.8, 4) is 0 Å². The molecular weight excluding hydrogens is 256 g/mol. The molecule has 0 aliphatic heterocycles. The van der Waals surface area contributed by atoms with Gasteiger partial charge in [-0.2, -0.15) is 0 Å². The lowest BCUT2D eigenvalue weighted by molar-refractivity contribution is -0.136. The van der Waals surface area contributed by atoms with Crippen molar-refractivity contribution in [2.45, 2.75) is 79.1 Å². The van der Waals surface area contributed by atoms with Crippen LogP contribution in [-0.2, 0) is 8.98 Å². The van der Waals surface area contributed by atoms with Crippen LogP contribution in [0.5, 0.6) is 0 Å². The van der Waals surface area contributed by atoms with Crippen molar-refractivity contribution in [3.63, 3.8) is 0 Å². The summed E-state index contributed by atoms with van der Waals surface area (Å²) >= 11 is 1.36. The lowest BCUT2D eigenvalue weighted by Gasteiger charge is -2.15. The topological polar surface area (TPSA) is 26.3 Å². The van der Waals surface area contributed by atoms with Crippen LogP contribution < -0.4 is 0 Å². The summed E-state index contributed by atoms with van der Waals surface area (Å²) in [6.07, 6.45) is 10.4. The second-order valence-electron chi connectivity index (χ2n) is 5.70. The van der Waals surface area contributed by atoms with Gasteiger partial charge in [0, 0.05) is 5.75 Å². The minimum atomic E-state index is -0.0924. The van der Waals surface area contributed by atoms with Crippen molar-refractivity contribution in [1.29, 1.82) is 0 Å². The van der Waals surface area contributed by atoms with Crippen molar-refractivity contribution in [3.05, 3.63) is 0 Å². The first-order valence-electron chi connectivity index (χ1n) is 7.95. The van der Waals surface area contributed by atoms with Crippen LogP contribution in [0.2, 0.25) is 0 Å². The molecule has 0 spiro atoms. The van der Waals surface area contributed by atoms with E-state index in [-0.39, 0.29) is 11.9 Å². The SMILES string of the molecule is CCCCCCC(CCCC)CSOC(=O)C(C)C. The Morgan fingerprint density at radius 1 is 1.00 bits per heavy atom. The summed E-state index contributed by atoms with van der Waals surface area (Å²) in [6.45, 7) is 8.24. The molecule has 19 heavy (non-hydrogen) atoms. The number of hydrogen-bond acceptors (Lipinski definition) is 3. The van der Waals surface area contributed by atoms with E-state index in [4.69, 9.17) is 4.18 Å². The lowest BCUT2D eigenvalue weighted by Crippen LogP contribution is -2.10. The van der Waals surface area contributed by atoms with Gasteiger partial charge in [-0.25, -0.2) is 0 Å². The van der Waals surface area contributed by atoms with E-state index in [2.05, 4.69) is 13.8 Å². The van der Waals surface area contributed by atoms with Crippen LogP contribution in [0, 0.1) is 11.8 Å². The molecule has 0 fully saturated rings. The molecule has 1 unspecified atom stereocenters. The quantitative estimate of drug-likeness (QED) is 0.345. The average molecular weight is 288 g/mol. The van der Waals surface area contributed by atoms with Crippen LogP contribution in [-0.4, -0.2) is 11.7 Å². The normalized spacial score (nSPS) is 12.7. The van der Waals surface area contributed by atoms with Gasteiger partial charge in [0.15, 0.2) is 0 Å². The molecule has 0 rings (SSSR count). The van der Waals surface area contributed by atoms with Crippen LogP contribution in [0.25, 0.3) is 0 Å².